The lowest BCUT2D eigenvalue weighted by Gasteiger charge is -2.47. The van der Waals surface area contributed by atoms with Gasteiger partial charge in [0.15, 0.2) is 0 Å². The van der Waals surface area contributed by atoms with Crippen molar-refractivity contribution in [2.75, 3.05) is 7.05 Å². The molecule has 2 aliphatic rings. The third-order valence-electron chi connectivity index (χ3n) is 5.25. The summed E-state index contributed by atoms with van der Waals surface area (Å²) < 4.78 is 0. The van der Waals surface area contributed by atoms with Crippen LogP contribution in [0.1, 0.15) is 50.6 Å². The third kappa shape index (κ3) is 3.39. The summed E-state index contributed by atoms with van der Waals surface area (Å²) >= 11 is 12.3. The van der Waals surface area contributed by atoms with Crippen molar-refractivity contribution in [2.45, 2.75) is 63.2 Å². The van der Waals surface area contributed by atoms with E-state index in [1.165, 1.54) is 32.1 Å². The van der Waals surface area contributed by atoms with Crippen LogP contribution in [0.3, 0.4) is 0 Å². The van der Waals surface area contributed by atoms with E-state index in [1.807, 2.05) is 18.2 Å². The van der Waals surface area contributed by atoms with Crippen molar-refractivity contribution in [3.05, 3.63) is 33.8 Å². The zero-order valence-corrected chi connectivity index (χ0v) is 14.3. The molecule has 1 aromatic rings. The predicted octanol–water partition coefficient (Wildman–Crippen LogP) is 4.66. The van der Waals surface area contributed by atoms with E-state index >= 15 is 0 Å². The quantitative estimate of drug-likeness (QED) is 0.869. The Morgan fingerprint density at radius 2 is 1.86 bits per heavy atom. The highest BCUT2D eigenvalue weighted by Crippen LogP contribution is 2.34. The molecule has 0 aromatic heterocycles. The topological polar surface area (TPSA) is 15.3 Å². The van der Waals surface area contributed by atoms with Gasteiger partial charge in [-0.1, -0.05) is 35.7 Å². The van der Waals surface area contributed by atoms with E-state index < -0.39 is 0 Å². The lowest BCUT2D eigenvalue weighted by molar-refractivity contribution is 0.0463. The molecule has 0 amide bonds. The first-order valence-electron chi connectivity index (χ1n) is 7.97. The SMILES string of the molecule is CC(NC1CC2CCCC(C1)N2C)c1ccc(Cl)cc1Cl. The number of halogens is 2. The van der Waals surface area contributed by atoms with Crippen LogP contribution in [-0.2, 0) is 0 Å². The maximum Gasteiger partial charge on any atom is 0.0468 e. The second-order valence-corrected chi connectivity index (χ2v) is 7.47. The van der Waals surface area contributed by atoms with E-state index in [0.717, 1.165) is 22.7 Å². The van der Waals surface area contributed by atoms with Gasteiger partial charge >= 0.3 is 0 Å². The maximum atomic E-state index is 6.33. The largest absolute Gasteiger partial charge is 0.307 e. The van der Waals surface area contributed by atoms with Gasteiger partial charge in [-0.3, -0.25) is 0 Å². The monoisotopic (exact) mass is 326 g/mol. The molecule has 0 saturated carbocycles. The highest BCUT2D eigenvalue weighted by atomic mass is 35.5. The molecule has 2 fully saturated rings. The van der Waals surface area contributed by atoms with Gasteiger partial charge in [0, 0.05) is 34.2 Å². The fraction of sp³-hybridized carbons (Fsp3) is 0.647. The molecule has 0 spiro atoms. The number of hydrogen-bond donors (Lipinski definition) is 1. The third-order valence-corrected chi connectivity index (χ3v) is 5.82. The van der Waals surface area contributed by atoms with Crippen molar-refractivity contribution in [2.24, 2.45) is 0 Å². The van der Waals surface area contributed by atoms with Crippen molar-refractivity contribution in [3.63, 3.8) is 0 Å². The summed E-state index contributed by atoms with van der Waals surface area (Å²) in [5.41, 5.74) is 1.14. The standard InChI is InChI=1S/C17H24Cl2N2/c1-11(16-7-6-12(18)8-17(16)19)20-13-9-14-4-3-5-15(10-13)21(14)2/h6-8,11,13-15,20H,3-5,9-10H2,1-2H3. The zero-order valence-electron chi connectivity index (χ0n) is 12.8. The summed E-state index contributed by atoms with van der Waals surface area (Å²) in [5.74, 6) is 0. The number of rotatable bonds is 3. The summed E-state index contributed by atoms with van der Waals surface area (Å²) in [4.78, 5) is 2.60. The van der Waals surface area contributed by atoms with Gasteiger partial charge in [-0.15, -0.1) is 0 Å². The fourth-order valence-corrected chi connectivity index (χ4v) is 4.62. The Kier molecular flexibility index (Phi) is 4.80. The van der Waals surface area contributed by atoms with Crippen molar-refractivity contribution < 1.29 is 0 Å². The molecule has 1 N–H and O–H groups in total. The molecular formula is C17H24Cl2N2. The minimum atomic E-state index is 0.267. The second kappa shape index (κ2) is 6.45. The second-order valence-electron chi connectivity index (χ2n) is 6.63. The van der Waals surface area contributed by atoms with Gasteiger partial charge in [0.05, 0.1) is 0 Å². The first-order chi connectivity index (χ1) is 10.0. The van der Waals surface area contributed by atoms with Crippen LogP contribution < -0.4 is 5.32 Å². The summed E-state index contributed by atoms with van der Waals surface area (Å²) in [6.07, 6.45) is 6.60. The smallest absolute Gasteiger partial charge is 0.0468 e. The van der Waals surface area contributed by atoms with E-state index in [2.05, 4.69) is 24.2 Å². The summed E-state index contributed by atoms with van der Waals surface area (Å²) in [6, 6.07) is 8.16. The van der Waals surface area contributed by atoms with Crippen LogP contribution in [0.15, 0.2) is 18.2 Å². The molecule has 3 atom stereocenters. The summed E-state index contributed by atoms with van der Waals surface area (Å²) in [5, 5.41) is 5.25. The van der Waals surface area contributed by atoms with Crippen molar-refractivity contribution in [3.8, 4) is 0 Å². The Hall–Kier alpha value is -0.280. The number of nitrogens with zero attached hydrogens (tertiary/aromatic N) is 1. The van der Waals surface area contributed by atoms with Crippen LogP contribution >= 0.6 is 23.2 Å². The minimum Gasteiger partial charge on any atom is -0.307 e. The molecule has 116 valence electrons. The molecule has 21 heavy (non-hydrogen) atoms. The highest BCUT2D eigenvalue weighted by molar-refractivity contribution is 6.35. The van der Waals surface area contributed by atoms with Crippen molar-refractivity contribution >= 4 is 23.2 Å². The van der Waals surface area contributed by atoms with E-state index in [-0.39, 0.29) is 6.04 Å². The molecule has 0 aliphatic carbocycles. The van der Waals surface area contributed by atoms with Gasteiger partial charge in [0.25, 0.3) is 0 Å². The van der Waals surface area contributed by atoms with Gasteiger partial charge in [-0.05, 0) is 57.4 Å². The lowest BCUT2D eigenvalue weighted by Crippen LogP contribution is -2.54. The average Bonchev–Trinajstić information content (AvgIpc) is 2.39. The number of nitrogens with one attached hydrogen (secondary N) is 1. The Morgan fingerprint density at radius 1 is 1.19 bits per heavy atom. The minimum absolute atomic E-state index is 0.267. The number of benzene rings is 1. The molecular weight excluding hydrogens is 303 g/mol. The normalized spacial score (nSPS) is 31.1. The molecule has 4 heteroatoms. The Morgan fingerprint density at radius 3 is 2.48 bits per heavy atom. The molecule has 2 bridgehead atoms. The van der Waals surface area contributed by atoms with Gasteiger partial charge in [0.1, 0.15) is 0 Å². The van der Waals surface area contributed by atoms with Crippen LogP contribution in [0.25, 0.3) is 0 Å². The highest BCUT2D eigenvalue weighted by Gasteiger charge is 2.36. The average molecular weight is 327 g/mol. The van der Waals surface area contributed by atoms with Crippen LogP contribution in [0, 0.1) is 0 Å². The number of fused-ring (bicyclic) bond motifs is 2. The van der Waals surface area contributed by atoms with Crippen molar-refractivity contribution in [1.82, 2.24) is 10.2 Å². The van der Waals surface area contributed by atoms with Crippen molar-refractivity contribution in [1.29, 1.82) is 0 Å². The molecule has 1 aromatic carbocycles. The van der Waals surface area contributed by atoms with E-state index in [1.54, 1.807) is 0 Å². The lowest BCUT2D eigenvalue weighted by atomic mass is 9.82. The van der Waals surface area contributed by atoms with Gasteiger partial charge in [0.2, 0.25) is 0 Å². The van der Waals surface area contributed by atoms with Gasteiger partial charge in [-0.2, -0.15) is 0 Å². The Bertz CT molecular complexity index is 492. The van der Waals surface area contributed by atoms with E-state index in [9.17, 15) is 0 Å². The number of hydrogen-bond acceptors (Lipinski definition) is 2. The molecule has 2 nitrogen and oxygen atoms in total. The summed E-state index contributed by atoms with van der Waals surface area (Å²) in [6.45, 7) is 2.20. The Balaban J connectivity index is 1.66. The van der Waals surface area contributed by atoms with Crippen LogP contribution in [0.2, 0.25) is 10.0 Å². The number of piperidine rings is 2. The maximum absolute atomic E-state index is 6.33. The zero-order chi connectivity index (χ0) is 15.0. The molecule has 0 radical (unpaired) electrons. The van der Waals surface area contributed by atoms with Crippen LogP contribution in [0.5, 0.6) is 0 Å². The summed E-state index contributed by atoms with van der Waals surface area (Å²) in [7, 11) is 2.30. The van der Waals surface area contributed by atoms with Crippen LogP contribution in [0.4, 0.5) is 0 Å². The van der Waals surface area contributed by atoms with E-state index in [0.29, 0.717) is 11.1 Å². The first kappa shape index (κ1) is 15.6. The van der Waals surface area contributed by atoms with Gasteiger partial charge in [-0.25, -0.2) is 0 Å². The Labute approximate surface area is 137 Å². The predicted molar refractivity (Wildman–Crippen MR) is 90.2 cm³/mol. The fourth-order valence-electron chi connectivity index (χ4n) is 4.05. The van der Waals surface area contributed by atoms with Gasteiger partial charge < -0.3 is 10.2 Å². The van der Waals surface area contributed by atoms with E-state index in [4.69, 9.17) is 23.2 Å². The van der Waals surface area contributed by atoms with Crippen LogP contribution in [-0.4, -0.2) is 30.1 Å². The molecule has 2 saturated heterocycles. The molecule has 2 aliphatic heterocycles. The molecule has 3 rings (SSSR count). The molecule has 3 unspecified atom stereocenters. The molecule has 2 heterocycles. The first-order valence-corrected chi connectivity index (χ1v) is 8.73.